The molecule has 0 aliphatic heterocycles. The summed E-state index contributed by atoms with van der Waals surface area (Å²) in [5.74, 6) is 0. The Bertz CT molecular complexity index is 744. The number of anilines is 2. The molecule has 0 aliphatic carbocycles. The van der Waals surface area contributed by atoms with E-state index in [-0.39, 0.29) is 0 Å². The number of nitrogen functional groups attached to an aromatic ring is 1. The molecular formula is C22H24ClN3. The third kappa shape index (κ3) is 5.25. The van der Waals surface area contributed by atoms with Gasteiger partial charge in [0.1, 0.15) is 0 Å². The molecule has 4 heteroatoms. The quantitative estimate of drug-likeness (QED) is 0.550. The van der Waals surface area contributed by atoms with Gasteiger partial charge in [-0.15, -0.1) is 0 Å². The maximum atomic E-state index is 6.25. The van der Waals surface area contributed by atoms with E-state index in [0.29, 0.717) is 10.7 Å². The molecule has 0 radical (unpaired) electrons. The second-order valence-corrected chi connectivity index (χ2v) is 6.72. The van der Waals surface area contributed by atoms with E-state index in [0.717, 1.165) is 31.9 Å². The first kappa shape index (κ1) is 18.3. The Morgan fingerprint density at radius 2 is 1.35 bits per heavy atom. The second kappa shape index (κ2) is 9.27. The monoisotopic (exact) mass is 365 g/mol. The van der Waals surface area contributed by atoms with Gasteiger partial charge >= 0.3 is 0 Å². The van der Waals surface area contributed by atoms with Gasteiger partial charge in [0.15, 0.2) is 0 Å². The largest absolute Gasteiger partial charge is 0.397 e. The molecular weight excluding hydrogens is 342 g/mol. The highest BCUT2D eigenvalue weighted by molar-refractivity contribution is 6.33. The summed E-state index contributed by atoms with van der Waals surface area (Å²) in [6, 6.07) is 26.7. The Morgan fingerprint density at radius 1 is 0.769 bits per heavy atom. The van der Waals surface area contributed by atoms with Crippen molar-refractivity contribution in [2.45, 2.75) is 13.1 Å². The number of nitrogens with one attached hydrogen (secondary N) is 1. The zero-order valence-electron chi connectivity index (χ0n) is 14.7. The van der Waals surface area contributed by atoms with Gasteiger partial charge in [0.25, 0.3) is 0 Å². The minimum atomic E-state index is 0.655. The summed E-state index contributed by atoms with van der Waals surface area (Å²) in [6.07, 6.45) is 0. The standard InChI is InChI=1S/C22H24ClN3/c23-20-12-7-13-21(24)22(20)25-14-15-26(16-18-8-3-1-4-9-18)17-19-10-5-2-6-11-19/h1-13,25H,14-17,24H2. The van der Waals surface area contributed by atoms with E-state index >= 15 is 0 Å². The van der Waals surface area contributed by atoms with Crippen LogP contribution in [0.3, 0.4) is 0 Å². The maximum absolute atomic E-state index is 6.25. The van der Waals surface area contributed by atoms with Crippen molar-refractivity contribution in [3.63, 3.8) is 0 Å². The highest BCUT2D eigenvalue weighted by Crippen LogP contribution is 2.27. The van der Waals surface area contributed by atoms with Crippen LogP contribution in [0, 0.1) is 0 Å². The summed E-state index contributed by atoms with van der Waals surface area (Å²) >= 11 is 6.25. The molecule has 3 nitrogen and oxygen atoms in total. The van der Waals surface area contributed by atoms with Crippen molar-refractivity contribution in [1.82, 2.24) is 4.90 Å². The molecule has 0 bridgehead atoms. The van der Waals surface area contributed by atoms with Gasteiger partial charge in [0.2, 0.25) is 0 Å². The summed E-state index contributed by atoms with van der Waals surface area (Å²) in [6.45, 7) is 3.45. The Labute approximate surface area is 160 Å². The van der Waals surface area contributed by atoms with E-state index in [9.17, 15) is 0 Å². The fourth-order valence-corrected chi connectivity index (χ4v) is 3.21. The Hall–Kier alpha value is -2.49. The number of hydrogen-bond donors (Lipinski definition) is 2. The third-order valence-electron chi connectivity index (χ3n) is 4.27. The number of para-hydroxylation sites is 1. The molecule has 3 N–H and O–H groups in total. The van der Waals surface area contributed by atoms with E-state index in [1.807, 2.05) is 30.3 Å². The average Bonchev–Trinajstić information content (AvgIpc) is 2.66. The van der Waals surface area contributed by atoms with Crippen molar-refractivity contribution in [3.05, 3.63) is 95.0 Å². The Balaban J connectivity index is 1.65. The van der Waals surface area contributed by atoms with Gasteiger partial charge in [-0.1, -0.05) is 78.3 Å². The number of nitrogens with two attached hydrogens (primary N) is 1. The molecule has 3 aromatic rings. The molecule has 0 saturated heterocycles. The lowest BCUT2D eigenvalue weighted by Gasteiger charge is -2.23. The fourth-order valence-electron chi connectivity index (χ4n) is 2.96. The number of halogens is 1. The van der Waals surface area contributed by atoms with E-state index in [1.54, 1.807) is 0 Å². The van der Waals surface area contributed by atoms with Crippen LogP contribution in [-0.4, -0.2) is 18.0 Å². The van der Waals surface area contributed by atoms with Crippen molar-refractivity contribution < 1.29 is 0 Å². The van der Waals surface area contributed by atoms with Crippen molar-refractivity contribution in [2.75, 3.05) is 24.1 Å². The van der Waals surface area contributed by atoms with Gasteiger partial charge in [0, 0.05) is 26.2 Å². The minimum absolute atomic E-state index is 0.655. The van der Waals surface area contributed by atoms with Crippen LogP contribution in [0.4, 0.5) is 11.4 Å². The first-order valence-electron chi connectivity index (χ1n) is 8.80. The van der Waals surface area contributed by atoms with Crippen LogP contribution < -0.4 is 11.1 Å². The van der Waals surface area contributed by atoms with Crippen LogP contribution in [0.15, 0.2) is 78.9 Å². The molecule has 134 valence electrons. The van der Waals surface area contributed by atoms with Crippen molar-refractivity contribution in [1.29, 1.82) is 0 Å². The van der Waals surface area contributed by atoms with Crippen molar-refractivity contribution in [3.8, 4) is 0 Å². The van der Waals surface area contributed by atoms with Crippen LogP contribution in [0.1, 0.15) is 11.1 Å². The fraction of sp³-hybridized carbons (Fsp3) is 0.182. The van der Waals surface area contributed by atoms with Crippen LogP contribution in [-0.2, 0) is 13.1 Å². The minimum Gasteiger partial charge on any atom is -0.397 e. The van der Waals surface area contributed by atoms with E-state index < -0.39 is 0 Å². The molecule has 0 heterocycles. The molecule has 3 rings (SSSR count). The summed E-state index contributed by atoms with van der Waals surface area (Å²) in [4.78, 5) is 2.42. The first-order valence-corrected chi connectivity index (χ1v) is 9.18. The van der Waals surface area contributed by atoms with E-state index in [4.69, 9.17) is 17.3 Å². The summed E-state index contributed by atoms with van der Waals surface area (Å²) in [7, 11) is 0. The van der Waals surface area contributed by atoms with Gasteiger partial charge in [-0.2, -0.15) is 0 Å². The molecule has 0 aliphatic rings. The molecule has 0 amide bonds. The number of nitrogens with zero attached hydrogens (tertiary/aromatic N) is 1. The highest BCUT2D eigenvalue weighted by atomic mass is 35.5. The lowest BCUT2D eigenvalue weighted by atomic mass is 10.1. The summed E-state index contributed by atoms with van der Waals surface area (Å²) in [5, 5.41) is 4.04. The molecule has 0 fully saturated rings. The predicted octanol–water partition coefficient (Wildman–Crippen LogP) is 5.04. The zero-order chi connectivity index (χ0) is 18.2. The molecule has 0 aromatic heterocycles. The lowest BCUT2D eigenvalue weighted by Crippen LogP contribution is -2.28. The van der Waals surface area contributed by atoms with Gasteiger partial charge in [0.05, 0.1) is 16.4 Å². The van der Waals surface area contributed by atoms with Crippen molar-refractivity contribution >= 4 is 23.0 Å². The van der Waals surface area contributed by atoms with Crippen LogP contribution in [0.2, 0.25) is 5.02 Å². The van der Waals surface area contributed by atoms with Gasteiger partial charge in [-0.05, 0) is 23.3 Å². The molecule has 0 saturated carbocycles. The normalized spacial score (nSPS) is 10.8. The molecule has 0 spiro atoms. The number of rotatable bonds is 8. The first-order chi connectivity index (χ1) is 12.7. The van der Waals surface area contributed by atoms with Crippen LogP contribution >= 0.6 is 11.6 Å². The number of hydrogen-bond acceptors (Lipinski definition) is 3. The highest BCUT2D eigenvalue weighted by Gasteiger charge is 2.09. The lowest BCUT2D eigenvalue weighted by molar-refractivity contribution is 0.267. The summed E-state index contributed by atoms with van der Waals surface area (Å²) in [5.41, 5.74) is 10.1. The zero-order valence-corrected chi connectivity index (χ0v) is 15.5. The Kier molecular flexibility index (Phi) is 6.53. The van der Waals surface area contributed by atoms with Gasteiger partial charge < -0.3 is 11.1 Å². The average molecular weight is 366 g/mol. The van der Waals surface area contributed by atoms with Gasteiger partial charge in [-0.25, -0.2) is 0 Å². The van der Waals surface area contributed by atoms with Crippen LogP contribution in [0.5, 0.6) is 0 Å². The van der Waals surface area contributed by atoms with Crippen LogP contribution in [0.25, 0.3) is 0 Å². The molecule has 0 unspecified atom stereocenters. The predicted molar refractivity (Wildman–Crippen MR) is 111 cm³/mol. The topological polar surface area (TPSA) is 41.3 Å². The number of benzene rings is 3. The van der Waals surface area contributed by atoms with Gasteiger partial charge in [-0.3, -0.25) is 4.90 Å². The molecule has 0 atom stereocenters. The third-order valence-corrected chi connectivity index (χ3v) is 4.59. The maximum Gasteiger partial charge on any atom is 0.0763 e. The molecule has 3 aromatic carbocycles. The van der Waals surface area contributed by atoms with E-state index in [2.05, 4.69) is 58.7 Å². The SMILES string of the molecule is Nc1cccc(Cl)c1NCCN(Cc1ccccc1)Cc1ccccc1. The Morgan fingerprint density at radius 3 is 1.88 bits per heavy atom. The summed E-state index contributed by atoms with van der Waals surface area (Å²) < 4.78 is 0. The van der Waals surface area contributed by atoms with E-state index in [1.165, 1.54) is 11.1 Å². The van der Waals surface area contributed by atoms with Crippen molar-refractivity contribution in [2.24, 2.45) is 0 Å². The molecule has 26 heavy (non-hydrogen) atoms. The second-order valence-electron chi connectivity index (χ2n) is 6.31. The smallest absolute Gasteiger partial charge is 0.0763 e.